The zero-order valence-corrected chi connectivity index (χ0v) is 12.3. The van der Waals surface area contributed by atoms with Crippen LogP contribution < -0.4 is 0 Å². The Bertz CT molecular complexity index is 333. The van der Waals surface area contributed by atoms with Gasteiger partial charge in [-0.3, -0.25) is 0 Å². The fraction of sp³-hybridized carbons (Fsp3) is 0.273. The SMILES string of the molecule is CC(C)[OH+]c1ccccc1[CH]=[Ru]([Cl])[Cl].[CH3-]. The van der Waals surface area contributed by atoms with Crippen LogP contribution >= 0.6 is 19.4 Å². The number of ether oxygens (including phenoxy) is 1. The summed E-state index contributed by atoms with van der Waals surface area (Å²) in [5.74, 6) is 0.975. The van der Waals surface area contributed by atoms with Crippen molar-refractivity contribution in [3.8, 4) is 5.75 Å². The molecule has 0 aliphatic heterocycles. The summed E-state index contributed by atoms with van der Waals surface area (Å²) >= 11 is -1.75. The topological polar surface area (TPSA) is 12.8 Å². The van der Waals surface area contributed by atoms with E-state index in [9.17, 15) is 0 Å². The van der Waals surface area contributed by atoms with Crippen LogP contribution in [0.25, 0.3) is 0 Å². The molecule has 0 spiro atoms. The van der Waals surface area contributed by atoms with E-state index < -0.39 is 13.5 Å². The van der Waals surface area contributed by atoms with Crippen LogP contribution in [-0.2, 0) is 13.5 Å². The molecule has 1 rings (SSSR count). The van der Waals surface area contributed by atoms with Crippen LogP contribution in [0.5, 0.6) is 5.75 Å². The average Bonchev–Trinajstić information content (AvgIpc) is 2.06. The van der Waals surface area contributed by atoms with Crippen molar-refractivity contribution in [2.24, 2.45) is 0 Å². The number of aromatic hydroxyl groups is 1. The normalized spacial score (nSPS) is 10.6. The monoisotopic (exact) mass is 336 g/mol. The Morgan fingerprint density at radius 1 is 1.27 bits per heavy atom. The smallest absolute Gasteiger partial charge is 0.358 e. The van der Waals surface area contributed by atoms with Gasteiger partial charge in [0, 0.05) is 0 Å². The van der Waals surface area contributed by atoms with Gasteiger partial charge < -0.3 is 7.43 Å². The third-order valence-corrected chi connectivity index (χ3v) is 3.35. The van der Waals surface area contributed by atoms with Gasteiger partial charge in [-0.1, -0.05) is 0 Å². The summed E-state index contributed by atoms with van der Waals surface area (Å²) in [5, 5.41) is 0. The van der Waals surface area contributed by atoms with Crippen LogP contribution in [0.2, 0.25) is 0 Å². The molecule has 4 heteroatoms. The first-order valence-electron chi connectivity index (χ1n) is 4.22. The number of rotatable bonds is 3. The fourth-order valence-electron chi connectivity index (χ4n) is 1.05. The van der Waals surface area contributed by atoms with Crippen molar-refractivity contribution in [1.82, 2.24) is 0 Å². The van der Waals surface area contributed by atoms with Crippen molar-refractivity contribution in [1.29, 1.82) is 0 Å². The minimum Gasteiger partial charge on any atom is -0.358 e. The van der Waals surface area contributed by atoms with Crippen LogP contribution in [0.15, 0.2) is 24.3 Å². The predicted octanol–water partition coefficient (Wildman–Crippen LogP) is 3.86. The van der Waals surface area contributed by atoms with E-state index in [-0.39, 0.29) is 13.5 Å². The molecule has 0 atom stereocenters. The minimum atomic E-state index is -1.75. The summed E-state index contributed by atoms with van der Waals surface area (Å²) in [6.07, 6.45) is 0.288. The van der Waals surface area contributed by atoms with E-state index >= 15 is 0 Å². The molecule has 0 saturated heterocycles. The van der Waals surface area contributed by atoms with Crippen molar-refractivity contribution in [2.75, 3.05) is 0 Å². The predicted molar refractivity (Wildman–Crippen MR) is 66.5 cm³/mol. The molecular formula is C11H16Cl2ORu. The summed E-state index contributed by atoms with van der Waals surface area (Å²) in [4.78, 5) is 0. The minimum absolute atomic E-state index is 0. The molecule has 1 aromatic rings. The van der Waals surface area contributed by atoms with E-state index in [1.807, 2.05) is 42.7 Å². The summed E-state index contributed by atoms with van der Waals surface area (Å²) in [7, 11) is 11.7. The Kier molecular flexibility index (Phi) is 7.43. The maximum absolute atomic E-state index is 5.83. The Hall–Kier alpha value is 0.0934. The molecule has 0 heterocycles. The van der Waals surface area contributed by atoms with Crippen molar-refractivity contribution < 1.29 is 18.3 Å². The second-order valence-electron chi connectivity index (χ2n) is 3.09. The second-order valence-corrected chi connectivity index (χ2v) is 8.81. The van der Waals surface area contributed by atoms with Gasteiger partial charge in [0.2, 0.25) is 0 Å². The van der Waals surface area contributed by atoms with Gasteiger partial charge in [0.1, 0.15) is 0 Å². The van der Waals surface area contributed by atoms with Crippen molar-refractivity contribution >= 4 is 24.0 Å². The Morgan fingerprint density at radius 3 is 2.40 bits per heavy atom. The molecule has 1 aromatic carbocycles. The largest absolute Gasteiger partial charge is 0.358 e. The third-order valence-electron chi connectivity index (χ3n) is 1.52. The number of hydrogen-bond acceptors (Lipinski definition) is 0. The molecule has 0 aliphatic carbocycles. The number of benzene rings is 1. The Labute approximate surface area is 105 Å². The van der Waals surface area contributed by atoms with Crippen molar-refractivity contribution in [3.63, 3.8) is 0 Å². The fourth-order valence-corrected chi connectivity index (χ4v) is 2.87. The Morgan fingerprint density at radius 2 is 1.87 bits per heavy atom. The van der Waals surface area contributed by atoms with E-state index in [1.165, 1.54) is 0 Å². The quantitative estimate of drug-likeness (QED) is 0.452. The molecule has 0 aromatic heterocycles. The first-order chi connectivity index (χ1) is 6.59. The van der Waals surface area contributed by atoms with Crippen molar-refractivity contribution in [2.45, 2.75) is 20.0 Å². The van der Waals surface area contributed by atoms with Gasteiger partial charge >= 0.3 is 97.8 Å². The second kappa shape index (κ2) is 7.38. The molecule has 1 nitrogen and oxygen atoms in total. The van der Waals surface area contributed by atoms with Gasteiger partial charge in [-0.25, -0.2) is 0 Å². The summed E-state index contributed by atoms with van der Waals surface area (Å²) in [5.41, 5.74) is 1.05. The number of hydrogen-bond donors (Lipinski definition) is 0. The van der Waals surface area contributed by atoms with Gasteiger partial charge in [0.15, 0.2) is 0 Å². The molecule has 0 aliphatic rings. The molecule has 0 radical (unpaired) electrons. The molecule has 0 bridgehead atoms. The molecule has 0 fully saturated rings. The zero-order valence-electron chi connectivity index (χ0n) is 9.02. The molecule has 0 amide bonds. The molecule has 15 heavy (non-hydrogen) atoms. The number of halogens is 2. The van der Waals surface area contributed by atoms with Gasteiger partial charge in [-0.2, -0.15) is 0 Å². The van der Waals surface area contributed by atoms with Crippen LogP contribution in [0.1, 0.15) is 19.4 Å². The van der Waals surface area contributed by atoms with Crippen molar-refractivity contribution in [3.05, 3.63) is 37.3 Å². The van der Waals surface area contributed by atoms with E-state index in [1.54, 1.807) is 0 Å². The standard InChI is InChI=1S/C10H12O.CH3.2ClH.Ru/c1-8(2)11-10-7-5-4-6-9(10)3;;;;/h3-8H,1-2H3;1H3;2*1H;/q;-1;;;+2/p-1. The summed E-state index contributed by atoms with van der Waals surface area (Å²) in [6.45, 7) is 4.10. The van der Waals surface area contributed by atoms with E-state index in [0.717, 1.165) is 11.3 Å². The number of para-hydroxylation sites is 1. The third kappa shape index (κ3) is 5.65. The first-order valence-corrected chi connectivity index (χ1v) is 9.70. The van der Waals surface area contributed by atoms with Crippen LogP contribution in [0.4, 0.5) is 0 Å². The summed E-state index contributed by atoms with van der Waals surface area (Å²) in [6, 6.07) is 7.92. The van der Waals surface area contributed by atoms with Crippen LogP contribution in [0.3, 0.4) is 0 Å². The van der Waals surface area contributed by atoms with Gasteiger partial charge in [0.05, 0.1) is 0 Å². The van der Waals surface area contributed by atoms with Gasteiger partial charge in [0.25, 0.3) is 0 Å². The number of aliphatic hydroxyl groups is 1. The van der Waals surface area contributed by atoms with E-state index in [0.29, 0.717) is 0 Å². The van der Waals surface area contributed by atoms with Crippen LogP contribution in [0, 0.1) is 7.43 Å². The van der Waals surface area contributed by atoms with E-state index in [2.05, 4.69) is 4.74 Å². The van der Waals surface area contributed by atoms with Gasteiger partial charge in [-0.15, -0.1) is 0 Å². The maximum atomic E-state index is 5.83. The molecular weight excluding hydrogens is 320 g/mol. The van der Waals surface area contributed by atoms with Crippen LogP contribution in [-0.4, -0.2) is 15.5 Å². The molecule has 0 unspecified atom stereocenters. The average molecular weight is 336 g/mol. The van der Waals surface area contributed by atoms with Gasteiger partial charge in [-0.05, 0) is 0 Å². The molecule has 1 N–H and O–H groups in total. The molecule has 0 saturated carbocycles. The maximum Gasteiger partial charge on any atom is -0.358 e. The Balaban J connectivity index is 0.00000196. The summed E-state index contributed by atoms with van der Waals surface area (Å²) < 4.78 is 6.41. The zero-order chi connectivity index (χ0) is 10.6. The first kappa shape index (κ1) is 15.1. The molecule has 88 valence electrons. The van der Waals surface area contributed by atoms with E-state index in [4.69, 9.17) is 19.4 Å².